The zero-order chi connectivity index (χ0) is 21.8. The summed E-state index contributed by atoms with van der Waals surface area (Å²) < 4.78 is 22.1. The minimum absolute atomic E-state index is 0.0422. The van der Waals surface area contributed by atoms with Crippen LogP contribution >= 0.6 is 0 Å². The third-order valence-electron chi connectivity index (χ3n) is 6.30. The monoisotopic (exact) mass is 418 g/mol. The fourth-order valence-corrected chi connectivity index (χ4v) is 4.95. The first-order valence-corrected chi connectivity index (χ1v) is 10.4. The van der Waals surface area contributed by atoms with Crippen molar-refractivity contribution in [1.82, 2.24) is 9.80 Å². The third kappa shape index (κ3) is 4.73. The SMILES string of the molecule is COc1cc(C=CC(=O)O[C@@H]2C3CC[C@@H](N(C)C)C2CN(C)C3)cc(OC)c1OC. The second-order valence-electron chi connectivity index (χ2n) is 8.45. The van der Waals surface area contributed by atoms with Gasteiger partial charge in [-0.25, -0.2) is 4.79 Å². The Kier molecular flexibility index (Phi) is 7.26. The lowest BCUT2D eigenvalue weighted by molar-refractivity contribution is -0.161. The molecule has 2 fully saturated rings. The molecule has 0 spiro atoms. The Balaban J connectivity index is 1.74. The lowest BCUT2D eigenvalue weighted by atomic mass is 9.72. The van der Waals surface area contributed by atoms with Gasteiger partial charge in [-0.1, -0.05) is 0 Å². The zero-order valence-corrected chi connectivity index (χ0v) is 18.9. The maximum Gasteiger partial charge on any atom is 0.331 e. The smallest absolute Gasteiger partial charge is 0.331 e. The molecular formula is C23H34N2O5. The highest BCUT2D eigenvalue weighted by Gasteiger charge is 2.46. The molecule has 7 heteroatoms. The number of nitrogens with zero attached hydrogens (tertiary/aromatic N) is 2. The van der Waals surface area contributed by atoms with Crippen LogP contribution in [0.1, 0.15) is 18.4 Å². The van der Waals surface area contributed by atoms with E-state index in [2.05, 4.69) is 30.9 Å². The molecule has 0 radical (unpaired) electrons. The zero-order valence-electron chi connectivity index (χ0n) is 18.9. The molecule has 2 unspecified atom stereocenters. The number of carbonyl (C=O) groups is 1. The quantitative estimate of drug-likeness (QED) is 0.498. The van der Waals surface area contributed by atoms with Crippen LogP contribution in [0.4, 0.5) is 0 Å². The molecule has 0 N–H and O–H groups in total. The van der Waals surface area contributed by atoms with Gasteiger partial charge in [0.05, 0.1) is 21.3 Å². The first kappa shape index (κ1) is 22.4. The Hall–Kier alpha value is -2.25. The van der Waals surface area contributed by atoms with Gasteiger partial charge in [0.2, 0.25) is 5.75 Å². The van der Waals surface area contributed by atoms with Gasteiger partial charge in [-0.3, -0.25) is 0 Å². The summed E-state index contributed by atoms with van der Waals surface area (Å²) in [5.74, 6) is 2.02. The Labute approximate surface area is 179 Å². The van der Waals surface area contributed by atoms with E-state index < -0.39 is 0 Å². The minimum Gasteiger partial charge on any atom is -0.493 e. The Morgan fingerprint density at radius 3 is 2.30 bits per heavy atom. The van der Waals surface area contributed by atoms with E-state index in [0.29, 0.717) is 35.1 Å². The number of ether oxygens (including phenoxy) is 4. The molecule has 4 atom stereocenters. The number of fused-ring (bicyclic) bond motifs is 2. The molecular weight excluding hydrogens is 384 g/mol. The van der Waals surface area contributed by atoms with E-state index in [1.165, 1.54) is 6.08 Å². The molecule has 7 nitrogen and oxygen atoms in total. The lowest BCUT2D eigenvalue weighted by Gasteiger charge is -2.50. The summed E-state index contributed by atoms with van der Waals surface area (Å²) in [4.78, 5) is 17.3. The van der Waals surface area contributed by atoms with Crippen molar-refractivity contribution in [3.63, 3.8) is 0 Å². The first-order valence-electron chi connectivity index (χ1n) is 10.4. The number of piperidine rings is 1. The summed E-state index contributed by atoms with van der Waals surface area (Å²) in [6, 6.07) is 4.04. The number of hydrogen-bond donors (Lipinski definition) is 0. The van der Waals surface area contributed by atoms with Gasteiger partial charge in [-0.2, -0.15) is 0 Å². The number of esters is 1. The van der Waals surface area contributed by atoms with Crippen molar-refractivity contribution in [3.8, 4) is 17.2 Å². The van der Waals surface area contributed by atoms with Gasteiger partial charge < -0.3 is 28.7 Å². The standard InChI is InChI=1S/C23H34N2O5/c1-24(2)18-9-8-16-13-25(3)14-17(18)22(16)30-21(26)10-7-15-11-19(27-4)23(29-6)20(12-15)28-5/h7,10-12,16-18,22H,8-9,13-14H2,1-6H3/t16?,17?,18-,22-/m1/s1. The van der Waals surface area contributed by atoms with Gasteiger partial charge in [-0.15, -0.1) is 0 Å². The molecule has 2 aliphatic rings. The summed E-state index contributed by atoms with van der Waals surface area (Å²) in [5, 5.41) is 0. The van der Waals surface area contributed by atoms with Gasteiger partial charge in [0.15, 0.2) is 11.5 Å². The molecule has 2 bridgehead atoms. The van der Waals surface area contributed by atoms with E-state index >= 15 is 0 Å². The van der Waals surface area contributed by atoms with Crippen LogP contribution < -0.4 is 14.2 Å². The van der Waals surface area contributed by atoms with Crippen LogP contribution in [0.5, 0.6) is 17.2 Å². The highest BCUT2D eigenvalue weighted by Crippen LogP contribution is 2.39. The van der Waals surface area contributed by atoms with Crippen LogP contribution in [0.3, 0.4) is 0 Å². The summed E-state index contributed by atoms with van der Waals surface area (Å²) in [6.45, 7) is 1.93. The molecule has 1 saturated carbocycles. The van der Waals surface area contributed by atoms with Gasteiger partial charge in [0.25, 0.3) is 0 Å². The Morgan fingerprint density at radius 1 is 1.07 bits per heavy atom. The topological polar surface area (TPSA) is 60.5 Å². The molecule has 1 aromatic rings. The summed E-state index contributed by atoms with van der Waals surface area (Å²) in [7, 11) is 11.1. The van der Waals surface area contributed by atoms with Crippen LogP contribution in [0.2, 0.25) is 0 Å². The molecule has 30 heavy (non-hydrogen) atoms. The second-order valence-corrected chi connectivity index (χ2v) is 8.45. The van der Waals surface area contributed by atoms with Gasteiger partial charge in [0, 0.05) is 37.0 Å². The Bertz CT molecular complexity index is 754. The largest absolute Gasteiger partial charge is 0.493 e. The number of rotatable bonds is 7. The molecule has 1 aliphatic heterocycles. The predicted molar refractivity (Wildman–Crippen MR) is 116 cm³/mol. The predicted octanol–water partition coefficient (Wildman–Crippen LogP) is 2.54. The molecule has 166 valence electrons. The number of carbonyl (C=O) groups excluding carboxylic acids is 1. The van der Waals surface area contributed by atoms with Crippen molar-refractivity contribution < 1.29 is 23.7 Å². The number of methoxy groups -OCH3 is 3. The average Bonchev–Trinajstić information content (AvgIpc) is 2.71. The van der Waals surface area contributed by atoms with E-state index in [1.54, 1.807) is 39.5 Å². The number of hydrogen-bond acceptors (Lipinski definition) is 7. The Morgan fingerprint density at radius 2 is 1.73 bits per heavy atom. The molecule has 1 aliphatic carbocycles. The average molecular weight is 419 g/mol. The highest BCUT2D eigenvalue weighted by molar-refractivity contribution is 5.87. The normalized spacial score (nSPS) is 26.6. The van der Waals surface area contributed by atoms with Gasteiger partial charge >= 0.3 is 5.97 Å². The summed E-state index contributed by atoms with van der Waals surface area (Å²) in [5.41, 5.74) is 0.774. The molecule has 1 saturated heterocycles. The van der Waals surface area contributed by atoms with Crippen molar-refractivity contribution >= 4 is 12.0 Å². The lowest BCUT2D eigenvalue weighted by Crippen LogP contribution is -2.59. The van der Waals surface area contributed by atoms with Crippen molar-refractivity contribution in [2.24, 2.45) is 11.8 Å². The van der Waals surface area contributed by atoms with Crippen LogP contribution in [0, 0.1) is 11.8 Å². The van der Waals surface area contributed by atoms with E-state index in [9.17, 15) is 4.79 Å². The fraction of sp³-hybridized carbons (Fsp3) is 0.609. The van der Waals surface area contributed by atoms with Crippen LogP contribution in [0.25, 0.3) is 6.08 Å². The second kappa shape index (κ2) is 9.71. The first-order chi connectivity index (χ1) is 14.4. The summed E-state index contributed by atoms with van der Waals surface area (Å²) in [6.07, 6.45) is 5.41. The molecule has 0 aromatic heterocycles. The molecule has 0 amide bonds. The van der Waals surface area contributed by atoms with Crippen molar-refractivity contribution in [2.45, 2.75) is 25.0 Å². The van der Waals surface area contributed by atoms with E-state index in [-0.39, 0.29) is 12.1 Å². The van der Waals surface area contributed by atoms with E-state index in [0.717, 1.165) is 31.5 Å². The highest BCUT2D eigenvalue weighted by atomic mass is 16.5. The van der Waals surface area contributed by atoms with E-state index in [4.69, 9.17) is 18.9 Å². The molecule has 1 aromatic carbocycles. The van der Waals surface area contributed by atoms with Crippen LogP contribution in [-0.4, -0.2) is 83.5 Å². The van der Waals surface area contributed by atoms with Crippen molar-refractivity contribution in [2.75, 3.05) is 55.6 Å². The van der Waals surface area contributed by atoms with Gasteiger partial charge in [0.1, 0.15) is 6.10 Å². The van der Waals surface area contributed by atoms with Crippen LogP contribution in [0.15, 0.2) is 18.2 Å². The summed E-state index contributed by atoms with van der Waals surface area (Å²) >= 11 is 0. The maximum atomic E-state index is 12.7. The van der Waals surface area contributed by atoms with Crippen molar-refractivity contribution in [1.29, 1.82) is 0 Å². The van der Waals surface area contributed by atoms with Crippen molar-refractivity contribution in [3.05, 3.63) is 23.8 Å². The fourth-order valence-electron chi connectivity index (χ4n) is 4.95. The molecule has 1 heterocycles. The van der Waals surface area contributed by atoms with Crippen LogP contribution in [-0.2, 0) is 9.53 Å². The molecule has 3 rings (SSSR count). The minimum atomic E-state index is -0.312. The maximum absolute atomic E-state index is 12.7. The number of likely N-dealkylation sites (tertiary alicyclic amines) is 1. The van der Waals surface area contributed by atoms with E-state index in [1.807, 2.05) is 0 Å². The number of benzene rings is 1. The van der Waals surface area contributed by atoms with Gasteiger partial charge in [-0.05, 0) is 57.8 Å². The third-order valence-corrected chi connectivity index (χ3v) is 6.30.